The summed E-state index contributed by atoms with van der Waals surface area (Å²) in [5.41, 5.74) is 1.24. The van der Waals surface area contributed by atoms with Gasteiger partial charge in [0.05, 0.1) is 19.2 Å². The van der Waals surface area contributed by atoms with Gasteiger partial charge in [-0.1, -0.05) is 0 Å². The minimum absolute atomic E-state index is 0.00593. The molecule has 0 aromatic heterocycles. The van der Waals surface area contributed by atoms with Crippen molar-refractivity contribution in [2.45, 2.75) is 6.42 Å². The fraction of sp³-hybridized carbons (Fsp3) is 0.222. The topological polar surface area (TPSA) is 71.2 Å². The van der Waals surface area contributed by atoms with Crippen LogP contribution in [0.15, 0.2) is 33.7 Å². The zero-order chi connectivity index (χ0) is 10.1. The van der Waals surface area contributed by atoms with E-state index in [-0.39, 0.29) is 5.71 Å². The van der Waals surface area contributed by atoms with Crippen LogP contribution in [0, 0.1) is 0 Å². The zero-order valence-corrected chi connectivity index (χ0v) is 7.52. The molecule has 0 amide bonds. The number of carboxylic acids is 1. The van der Waals surface area contributed by atoms with Crippen LogP contribution in [-0.4, -0.2) is 29.6 Å². The molecule has 0 aromatic carbocycles. The molecule has 0 saturated heterocycles. The number of allylic oxidation sites excluding steroid dienone is 3. The largest absolute Gasteiger partial charge is 0.501 e. The third kappa shape index (κ3) is 1.22. The average molecular weight is 192 g/mol. The molecule has 1 aliphatic carbocycles. The van der Waals surface area contributed by atoms with Gasteiger partial charge in [0.2, 0.25) is 0 Å². The molecule has 0 atom stereocenters. The molecule has 0 saturated carbocycles. The maximum absolute atomic E-state index is 10.7. The number of ether oxygens (including phenoxy) is 1. The summed E-state index contributed by atoms with van der Waals surface area (Å²) < 4.78 is 5.03. The number of nitrogens with zero attached hydrogens (tertiary/aromatic N) is 2. The van der Waals surface area contributed by atoms with Gasteiger partial charge >= 0.3 is 5.97 Å². The molecular weight excluding hydrogens is 184 g/mol. The number of methoxy groups -OCH3 is 1. The van der Waals surface area contributed by atoms with E-state index < -0.39 is 5.97 Å². The summed E-state index contributed by atoms with van der Waals surface area (Å²) in [5.74, 6) is -0.293. The van der Waals surface area contributed by atoms with E-state index in [0.29, 0.717) is 17.7 Å². The van der Waals surface area contributed by atoms with Crippen molar-refractivity contribution in [2.24, 2.45) is 10.2 Å². The lowest BCUT2D eigenvalue weighted by atomic mass is 9.98. The fourth-order valence-corrected chi connectivity index (χ4v) is 1.36. The van der Waals surface area contributed by atoms with E-state index in [1.807, 2.05) is 0 Å². The van der Waals surface area contributed by atoms with Gasteiger partial charge in [0.15, 0.2) is 5.71 Å². The van der Waals surface area contributed by atoms with Gasteiger partial charge in [0, 0.05) is 5.57 Å². The van der Waals surface area contributed by atoms with Gasteiger partial charge in [-0.15, -0.1) is 5.10 Å². The van der Waals surface area contributed by atoms with E-state index in [2.05, 4.69) is 10.2 Å². The van der Waals surface area contributed by atoms with E-state index in [0.717, 1.165) is 5.76 Å². The fourth-order valence-electron chi connectivity index (χ4n) is 1.36. The molecule has 0 fully saturated rings. The van der Waals surface area contributed by atoms with Crippen molar-refractivity contribution in [3.05, 3.63) is 23.5 Å². The van der Waals surface area contributed by atoms with Crippen LogP contribution in [0.3, 0.4) is 0 Å². The van der Waals surface area contributed by atoms with Crippen LogP contribution in [-0.2, 0) is 9.53 Å². The minimum Gasteiger partial charge on any atom is -0.501 e. The van der Waals surface area contributed by atoms with Gasteiger partial charge < -0.3 is 9.84 Å². The van der Waals surface area contributed by atoms with Crippen molar-refractivity contribution in [3.63, 3.8) is 0 Å². The number of aliphatic carboxylic acids is 1. The molecule has 1 aliphatic heterocycles. The molecule has 2 aliphatic rings. The third-order valence-corrected chi connectivity index (χ3v) is 2.08. The molecule has 1 heterocycles. The first-order valence-corrected chi connectivity index (χ1v) is 4.06. The summed E-state index contributed by atoms with van der Waals surface area (Å²) >= 11 is 0. The lowest BCUT2D eigenvalue weighted by molar-refractivity contribution is -0.129. The first-order chi connectivity index (χ1) is 6.72. The van der Waals surface area contributed by atoms with Crippen molar-refractivity contribution >= 4 is 17.4 Å². The molecular formula is C9H8N2O3. The zero-order valence-electron chi connectivity index (χ0n) is 7.52. The highest BCUT2D eigenvalue weighted by Crippen LogP contribution is 2.22. The molecule has 0 radical (unpaired) electrons. The van der Waals surface area contributed by atoms with Crippen molar-refractivity contribution in [1.82, 2.24) is 0 Å². The highest BCUT2D eigenvalue weighted by atomic mass is 16.5. The van der Waals surface area contributed by atoms with Gasteiger partial charge in [-0.3, -0.25) is 0 Å². The van der Waals surface area contributed by atoms with Crippen LogP contribution >= 0.6 is 0 Å². The quantitative estimate of drug-likeness (QED) is 0.701. The Hall–Kier alpha value is -1.91. The van der Waals surface area contributed by atoms with Gasteiger partial charge in [0.1, 0.15) is 5.76 Å². The number of fused-ring (bicyclic) bond motifs is 1. The van der Waals surface area contributed by atoms with Crippen molar-refractivity contribution in [2.75, 3.05) is 7.11 Å². The second-order valence-corrected chi connectivity index (χ2v) is 2.89. The Morgan fingerprint density at radius 3 is 2.93 bits per heavy atom. The van der Waals surface area contributed by atoms with Crippen LogP contribution in [0.1, 0.15) is 6.42 Å². The second kappa shape index (κ2) is 3.10. The van der Waals surface area contributed by atoms with E-state index >= 15 is 0 Å². The van der Waals surface area contributed by atoms with Crippen LogP contribution in [0.2, 0.25) is 0 Å². The summed E-state index contributed by atoms with van der Waals surface area (Å²) in [4.78, 5) is 10.7. The lowest BCUT2D eigenvalue weighted by Gasteiger charge is -2.10. The Labute approximate surface area is 80.1 Å². The van der Waals surface area contributed by atoms with E-state index in [4.69, 9.17) is 9.84 Å². The van der Waals surface area contributed by atoms with Gasteiger partial charge in [-0.05, 0) is 12.2 Å². The first kappa shape index (κ1) is 8.68. The van der Waals surface area contributed by atoms with Crippen molar-refractivity contribution in [1.29, 1.82) is 0 Å². The predicted octanol–water partition coefficient (Wildman–Crippen LogP) is 0.742. The smallest absolute Gasteiger partial charge is 0.357 e. The average Bonchev–Trinajstić information content (AvgIpc) is 2.59. The van der Waals surface area contributed by atoms with Gasteiger partial charge in [0.25, 0.3) is 0 Å². The van der Waals surface area contributed by atoms with Gasteiger partial charge in [-0.2, -0.15) is 5.10 Å². The lowest BCUT2D eigenvalue weighted by Crippen LogP contribution is -2.19. The molecule has 1 N–H and O–H groups in total. The summed E-state index contributed by atoms with van der Waals surface area (Å²) in [7, 11) is 1.57. The predicted molar refractivity (Wildman–Crippen MR) is 50.3 cm³/mol. The highest BCUT2D eigenvalue weighted by Gasteiger charge is 2.27. The summed E-state index contributed by atoms with van der Waals surface area (Å²) in [6, 6.07) is 0. The van der Waals surface area contributed by atoms with E-state index in [9.17, 15) is 4.79 Å². The Bertz CT molecular complexity index is 416. The number of hydrogen-bond acceptors (Lipinski definition) is 4. The molecule has 5 heteroatoms. The standard InChI is InChI=1S/C9H8N2O3/c1-14-5-2-3-6-7(4-5)10-11-8(6)9(12)13/h2-3H,4H2,1H3,(H,12,13). The SMILES string of the molecule is COC1=CC=C2C(=NN=C2C(=O)O)C1. The van der Waals surface area contributed by atoms with Crippen LogP contribution in [0.25, 0.3) is 0 Å². The molecule has 14 heavy (non-hydrogen) atoms. The normalized spacial score (nSPS) is 18.9. The van der Waals surface area contributed by atoms with Crippen molar-refractivity contribution < 1.29 is 14.6 Å². The van der Waals surface area contributed by atoms with Crippen LogP contribution < -0.4 is 0 Å². The maximum Gasteiger partial charge on any atom is 0.357 e. The Morgan fingerprint density at radius 1 is 1.50 bits per heavy atom. The summed E-state index contributed by atoms with van der Waals surface area (Å²) in [6.07, 6.45) is 3.90. The number of carbonyl (C=O) groups is 1. The second-order valence-electron chi connectivity index (χ2n) is 2.89. The minimum atomic E-state index is -1.05. The Balaban J connectivity index is 2.33. The van der Waals surface area contributed by atoms with Crippen LogP contribution in [0.4, 0.5) is 0 Å². The number of hydrogen-bond donors (Lipinski definition) is 1. The molecule has 0 unspecified atom stereocenters. The van der Waals surface area contributed by atoms with Crippen molar-refractivity contribution in [3.8, 4) is 0 Å². The Morgan fingerprint density at radius 2 is 2.29 bits per heavy atom. The number of rotatable bonds is 2. The molecule has 0 spiro atoms. The molecule has 0 bridgehead atoms. The first-order valence-electron chi connectivity index (χ1n) is 4.06. The molecule has 5 nitrogen and oxygen atoms in total. The Kier molecular flexibility index (Phi) is 1.92. The molecule has 2 rings (SSSR count). The number of carboxylic acid groups (broad SMARTS) is 1. The molecule has 0 aromatic rings. The van der Waals surface area contributed by atoms with E-state index in [1.165, 1.54) is 0 Å². The maximum atomic E-state index is 10.7. The summed E-state index contributed by atoms with van der Waals surface area (Å²) in [6.45, 7) is 0. The monoisotopic (exact) mass is 192 g/mol. The molecule has 72 valence electrons. The highest BCUT2D eigenvalue weighted by molar-refractivity contribution is 6.51. The van der Waals surface area contributed by atoms with Gasteiger partial charge in [-0.25, -0.2) is 4.79 Å². The summed E-state index contributed by atoms with van der Waals surface area (Å²) in [5, 5.41) is 16.2. The van der Waals surface area contributed by atoms with Crippen LogP contribution in [0.5, 0.6) is 0 Å². The third-order valence-electron chi connectivity index (χ3n) is 2.08. The van der Waals surface area contributed by atoms with E-state index in [1.54, 1.807) is 19.3 Å².